The maximum Gasteiger partial charge on any atom is 2.00 e. The van der Waals surface area contributed by atoms with Gasteiger partial charge in [-0.3, -0.25) is 0 Å². The first-order valence-electron chi connectivity index (χ1n) is 21.1. The van der Waals surface area contributed by atoms with E-state index in [0.717, 1.165) is 0 Å². The Kier molecular flexibility index (Phi) is 21.2. The standard InChI is InChI=1S/2C21H16P.2C9H7.2ClH.2Zr/c2*1-3-11-19(12-4-1)22(20-13-5-2-6-14-20)21-15-17-9-7-8-10-18(17)16-21;2*1-2-5-9-7-3-6-8(9)4-1;;;;/h2*1-16H;2*1-7H;2*1H;;/q4*-1;;;2*+2/p-2. The van der Waals surface area contributed by atoms with Crippen LogP contribution in [-0.4, -0.2) is 0 Å². The van der Waals surface area contributed by atoms with Crippen molar-refractivity contribution in [1.82, 2.24) is 0 Å². The molecule has 0 fully saturated rings. The van der Waals surface area contributed by atoms with Crippen molar-refractivity contribution >= 4 is 90.8 Å². The monoisotopic (exact) mass is 1080 g/mol. The van der Waals surface area contributed by atoms with Gasteiger partial charge in [0.25, 0.3) is 0 Å². The van der Waals surface area contributed by atoms with Gasteiger partial charge in [-0.1, -0.05) is 146 Å². The molecule has 0 N–H and O–H groups in total. The molecule has 6 heteroatoms. The summed E-state index contributed by atoms with van der Waals surface area (Å²) >= 11 is 0. The molecule has 0 unspecified atom stereocenters. The Labute approximate surface area is 442 Å². The van der Waals surface area contributed by atoms with E-state index in [0.29, 0.717) is 0 Å². The van der Waals surface area contributed by atoms with Crippen LogP contribution >= 0.6 is 15.8 Å². The van der Waals surface area contributed by atoms with Gasteiger partial charge in [0.1, 0.15) is 0 Å². The Balaban J connectivity index is 0.000000174. The van der Waals surface area contributed by atoms with E-state index in [9.17, 15) is 0 Å². The predicted octanol–water partition coefficient (Wildman–Crippen LogP) is 7.75. The van der Waals surface area contributed by atoms with Gasteiger partial charge in [0.05, 0.1) is 0 Å². The van der Waals surface area contributed by atoms with Crippen molar-refractivity contribution < 1.29 is 77.2 Å². The zero-order valence-corrected chi connectivity index (χ0v) is 44.4. The summed E-state index contributed by atoms with van der Waals surface area (Å²) in [6.45, 7) is 0. The third-order valence-corrected chi connectivity index (χ3v) is 15.7. The number of hydrogen-bond acceptors (Lipinski definition) is 0. The largest absolute Gasteiger partial charge is 2.00 e. The van der Waals surface area contributed by atoms with Crippen molar-refractivity contribution in [3.63, 3.8) is 0 Å². The first kappa shape index (κ1) is 52.4. The van der Waals surface area contributed by atoms with Crippen LogP contribution in [0.5, 0.6) is 0 Å². The van der Waals surface area contributed by atoms with Crippen LogP contribution < -0.4 is 56.6 Å². The molecule has 0 bridgehead atoms. The third kappa shape index (κ3) is 13.3. The maximum atomic E-state index is 2.35. The smallest absolute Gasteiger partial charge is 1.00 e. The Hall–Kier alpha value is -4.59. The van der Waals surface area contributed by atoms with E-state index in [1.165, 1.54) is 74.9 Å². The average molecular weight is 1080 g/mol. The summed E-state index contributed by atoms with van der Waals surface area (Å²) in [6.07, 6.45) is 0. The molecule has 0 aliphatic carbocycles. The van der Waals surface area contributed by atoms with Crippen molar-refractivity contribution in [3.05, 3.63) is 279 Å². The molecule has 0 amide bonds. The van der Waals surface area contributed by atoms with Crippen LogP contribution in [0.3, 0.4) is 0 Å². The van der Waals surface area contributed by atoms with Gasteiger partial charge in [0.15, 0.2) is 0 Å². The summed E-state index contributed by atoms with van der Waals surface area (Å²) in [5.74, 6) is 0. The SMILES string of the molecule is [Cl-].[Cl-].[Zr+2].[Zr+2].c1ccc(P(c2ccccc2)c2cc3ccccc3[cH-]2)cc1.c1ccc(P(c2ccccc2)c2cc3ccccc3[cH-]2)cc1.c1ccc2[cH-]ccc2c1.c1ccc2[cH-]ccc2c1. The third-order valence-electron chi connectivity index (χ3n) is 10.9. The molecule has 12 aromatic carbocycles. The average Bonchev–Trinajstić information content (AvgIpc) is 4.18. The van der Waals surface area contributed by atoms with Gasteiger partial charge >= 0.3 is 52.4 Å². The number of hydrogen-bond donors (Lipinski definition) is 0. The minimum absolute atomic E-state index is 0. The molecule has 12 rings (SSSR count). The first-order chi connectivity index (χ1) is 30.8. The normalized spacial score (nSPS) is 10.2. The van der Waals surface area contributed by atoms with Crippen molar-refractivity contribution in [2.24, 2.45) is 0 Å². The molecule has 0 nitrogen and oxygen atoms in total. The molecule has 0 heterocycles. The van der Waals surface area contributed by atoms with Gasteiger partial charge in [-0.05, 0) is 37.1 Å². The van der Waals surface area contributed by atoms with Crippen LogP contribution in [0.4, 0.5) is 0 Å². The summed E-state index contributed by atoms with van der Waals surface area (Å²) in [5.41, 5.74) is 0. The number of fused-ring (bicyclic) bond motifs is 4. The van der Waals surface area contributed by atoms with Crippen LogP contribution in [0, 0.1) is 0 Å². The zero-order chi connectivity index (χ0) is 41.8. The summed E-state index contributed by atoms with van der Waals surface area (Å²) in [4.78, 5) is 0. The van der Waals surface area contributed by atoms with Crippen LogP contribution in [0.15, 0.2) is 279 Å². The van der Waals surface area contributed by atoms with Crippen molar-refractivity contribution in [3.8, 4) is 0 Å². The molecule has 0 spiro atoms. The summed E-state index contributed by atoms with van der Waals surface area (Å²) in [5, 5.41) is 19.1. The van der Waals surface area contributed by atoms with Crippen LogP contribution in [0.25, 0.3) is 43.1 Å². The van der Waals surface area contributed by atoms with E-state index in [-0.39, 0.29) is 77.2 Å². The van der Waals surface area contributed by atoms with E-state index in [2.05, 4.69) is 279 Å². The fourth-order valence-electron chi connectivity index (χ4n) is 7.87. The Morgan fingerprint density at radius 3 is 0.803 bits per heavy atom. The molecular weight excluding hydrogens is 1040 g/mol. The van der Waals surface area contributed by atoms with Crippen molar-refractivity contribution in [2.45, 2.75) is 0 Å². The molecule has 0 aliphatic rings. The summed E-state index contributed by atoms with van der Waals surface area (Å²) in [7, 11) is -0.986. The van der Waals surface area contributed by atoms with Gasteiger partial charge in [0.2, 0.25) is 0 Å². The van der Waals surface area contributed by atoms with Crippen LogP contribution in [0.2, 0.25) is 0 Å². The van der Waals surface area contributed by atoms with Crippen LogP contribution in [-0.2, 0) is 52.4 Å². The Morgan fingerprint density at radius 1 is 0.258 bits per heavy atom. The summed E-state index contributed by atoms with van der Waals surface area (Å²) < 4.78 is 0. The second-order valence-electron chi connectivity index (χ2n) is 15.0. The van der Waals surface area contributed by atoms with Gasteiger partial charge < -0.3 is 24.8 Å². The predicted molar refractivity (Wildman–Crippen MR) is 276 cm³/mol. The molecule has 66 heavy (non-hydrogen) atoms. The van der Waals surface area contributed by atoms with E-state index in [1.807, 2.05) is 0 Å². The Morgan fingerprint density at radius 2 is 0.515 bits per heavy atom. The van der Waals surface area contributed by atoms with Crippen molar-refractivity contribution in [2.75, 3.05) is 0 Å². The number of benzene rings is 8. The molecule has 0 radical (unpaired) electrons. The van der Waals surface area contributed by atoms with Gasteiger partial charge in [-0.2, -0.15) is 47.2 Å². The fraction of sp³-hybridized carbons (Fsp3) is 0. The van der Waals surface area contributed by atoms with Gasteiger partial charge in [-0.25, -0.2) is 0 Å². The molecule has 0 saturated carbocycles. The second-order valence-corrected chi connectivity index (χ2v) is 19.4. The molecule has 0 aromatic heterocycles. The molecule has 0 atom stereocenters. The van der Waals surface area contributed by atoms with Crippen molar-refractivity contribution in [1.29, 1.82) is 0 Å². The van der Waals surface area contributed by atoms with Gasteiger partial charge in [0, 0.05) is 0 Å². The zero-order valence-electron chi connectivity index (χ0n) is 36.2. The minimum Gasteiger partial charge on any atom is -1.00 e. The fourth-order valence-corrected chi connectivity index (χ4v) is 12.6. The summed E-state index contributed by atoms with van der Waals surface area (Å²) in [6, 6.07) is 99.4. The number of rotatable bonds is 6. The van der Waals surface area contributed by atoms with E-state index in [4.69, 9.17) is 0 Å². The topological polar surface area (TPSA) is 0 Å². The number of halogens is 2. The maximum absolute atomic E-state index is 2.35. The molecule has 0 saturated heterocycles. The van der Waals surface area contributed by atoms with E-state index in [1.54, 1.807) is 0 Å². The Bertz CT molecular complexity index is 2790. The second kappa shape index (κ2) is 26.7. The molecule has 0 aliphatic heterocycles. The van der Waals surface area contributed by atoms with E-state index < -0.39 is 15.8 Å². The molecule has 12 aromatic rings. The molecular formula is C60H46Cl2P2Zr2-2. The van der Waals surface area contributed by atoms with Gasteiger partial charge in [-0.15, -0.1) is 140 Å². The first-order valence-corrected chi connectivity index (χ1v) is 23.8. The molecule has 320 valence electrons. The van der Waals surface area contributed by atoms with E-state index >= 15 is 0 Å². The minimum atomic E-state index is -0.493. The quantitative estimate of drug-likeness (QED) is 0.118. The van der Waals surface area contributed by atoms with Crippen LogP contribution in [0.1, 0.15) is 0 Å².